The Morgan fingerprint density at radius 3 is 2.65 bits per heavy atom. The number of amides is 1. The average molecular weight is 288 g/mol. The largest absolute Gasteiger partial charge is 0.466 e. The predicted molar refractivity (Wildman–Crippen MR) is 69.2 cm³/mol. The van der Waals surface area contributed by atoms with Crippen molar-refractivity contribution in [3.05, 3.63) is 0 Å². The van der Waals surface area contributed by atoms with E-state index in [0.29, 0.717) is 5.71 Å². The number of hydrogen-bond donors (Lipinski definition) is 2. The molecule has 114 valence electrons. The number of nitrogens with one attached hydrogen (secondary N) is 1. The number of nitrogens with zero attached hydrogens (tertiary/aromatic N) is 1. The van der Waals surface area contributed by atoms with E-state index in [-0.39, 0.29) is 13.0 Å². The number of ether oxygens (including phenoxy) is 2. The Kier molecular flexibility index (Phi) is 4.93. The van der Waals surface area contributed by atoms with Gasteiger partial charge in [0.2, 0.25) is 0 Å². The molecule has 0 radical (unpaired) electrons. The highest BCUT2D eigenvalue weighted by Gasteiger charge is 2.47. The lowest BCUT2D eigenvalue weighted by Gasteiger charge is -2.21. The van der Waals surface area contributed by atoms with Gasteiger partial charge >= 0.3 is 12.1 Å². The molecule has 0 aliphatic carbocycles. The van der Waals surface area contributed by atoms with E-state index < -0.39 is 29.9 Å². The maximum atomic E-state index is 11.5. The van der Waals surface area contributed by atoms with Crippen LogP contribution >= 0.6 is 0 Å². The zero-order valence-electron chi connectivity index (χ0n) is 12.1. The van der Waals surface area contributed by atoms with Crippen molar-refractivity contribution < 1.29 is 29.0 Å². The third-order valence-electron chi connectivity index (χ3n) is 2.49. The third kappa shape index (κ3) is 4.09. The molecule has 0 saturated carbocycles. The minimum Gasteiger partial charge on any atom is -0.466 e. The number of oxime groups is 1. The number of aliphatic hydroxyl groups excluding tert-OH is 1. The van der Waals surface area contributed by atoms with Gasteiger partial charge in [0.25, 0.3) is 5.60 Å². The van der Waals surface area contributed by atoms with Crippen LogP contribution in [0, 0.1) is 0 Å². The summed E-state index contributed by atoms with van der Waals surface area (Å²) in [6, 6.07) is 0. The molecule has 20 heavy (non-hydrogen) atoms. The fourth-order valence-electron chi connectivity index (χ4n) is 1.57. The smallest absolute Gasteiger partial charge is 0.407 e. The molecular formula is C12H20N2O6. The topological polar surface area (TPSA) is 106 Å². The molecule has 0 aromatic carbocycles. The molecule has 1 unspecified atom stereocenters. The van der Waals surface area contributed by atoms with E-state index in [0.717, 1.165) is 0 Å². The van der Waals surface area contributed by atoms with Crippen LogP contribution in [0.15, 0.2) is 5.16 Å². The van der Waals surface area contributed by atoms with Crippen LogP contribution in [0.3, 0.4) is 0 Å². The van der Waals surface area contributed by atoms with E-state index in [4.69, 9.17) is 9.57 Å². The van der Waals surface area contributed by atoms with Crippen molar-refractivity contribution in [2.24, 2.45) is 5.16 Å². The van der Waals surface area contributed by atoms with E-state index in [1.807, 2.05) is 0 Å². The number of carbonyl (C=O) groups is 2. The number of aliphatic hydroxyl groups is 1. The molecule has 8 nitrogen and oxygen atoms in total. The van der Waals surface area contributed by atoms with Crippen LogP contribution in [0.25, 0.3) is 0 Å². The van der Waals surface area contributed by atoms with Crippen molar-refractivity contribution in [1.29, 1.82) is 0 Å². The summed E-state index contributed by atoms with van der Waals surface area (Å²) in [6.45, 7) is 4.75. The fraction of sp³-hybridized carbons (Fsp3) is 0.750. The first-order chi connectivity index (χ1) is 9.22. The highest BCUT2D eigenvalue weighted by Crippen LogP contribution is 2.24. The number of carbonyl (C=O) groups excluding carboxylic acids is 2. The molecule has 1 aliphatic rings. The minimum absolute atomic E-state index is 0.0476. The molecule has 1 heterocycles. The van der Waals surface area contributed by atoms with Gasteiger partial charge in [-0.05, 0) is 20.8 Å². The van der Waals surface area contributed by atoms with Crippen LogP contribution in [0.5, 0.6) is 0 Å². The van der Waals surface area contributed by atoms with Crippen molar-refractivity contribution in [2.45, 2.75) is 38.4 Å². The van der Waals surface area contributed by atoms with Gasteiger partial charge in [0.1, 0.15) is 5.60 Å². The first kappa shape index (κ1) is 16.2. The van der Waals surface area contributed by atoms with Gasteiger partial charge in [-0.15, -0.1) is 0 Å². The first-order valence-electron chi connectivity index (χ1n) is 6.12. The number of methoxy groups -OCH3 is 1. The number of esters is 1. The van der Waals surface area contributed by atoms with E-state index in [1.54, 1.807) is 20.8 Å². The zero-order chi connectivity index (χ0) is 15.4. The molecule has 0 aromatic rings. The van der Waals surface area contributed by atoms with Crippen LogP contribution in [-0.2, 0) is 19.1 Å². The maximum absolute atomic E-state index is 11.5. The number of rotatable bonds is 4. The Balaban J connectivity index is 2.49. The van der Waals surface area contributed by atoms with Crippen molar-refractivity contribution in [2.75, 3.05) is 20.3 Å². The number of alkyl carbamates (subject to hydrolysis) is 1. The minimum atomic E-state index is -1.51. The molecule has 0 fully saturated rings. The van der Waals surface area contributed by atoms with Crippen molar-refractivity contribution in [3.63, 3.8) is 0 Å². The van der Waals surface area contributed by atoms with E-state index >= 15 is 0 Å². The molecular weight excluding hydrogens is 268 g/mol. The van der Waals surface area contributed by atoms with Gasteiger partial charge in [-0.3, -0.25) is 0 Å². The summed E-state index contributed by atoms with van der Waals surface area (Å²) >= 11 is 0. The third-order valence-corrected chi connectivity index (χ3v) is 2.49. The second kappa shape index (κ2) is 6.08. The van der Waals surface area contributed by atoms with Crippen molar-refractivity contribution in [1.82, 2.24) is 5.32 Å². The molecule has 2 N–H and O–H groups in total. The molecule has 1 atom stereocenters. The summed E-state index contributed by atoms with van der Waals surface area (Å²) in [4.78, 5) is 28.0. The SMILES string of the molecule is COC(=O)C1(CO)CC(CNC(=O)OC(C)(C)C)=NO1. The molecule has 1 rings (SSSR count). The Morgan fingerprint density at radius 1 is 1.50 bits per heavy atom. The summed E-state index contributed by atoms with van der Waals surface area (Å²) in [7, 11) is 1.19. The number of hydrogen-bond acceptors (Lipinski definition) is 7. The molecule has 0 aromatic heterocycles. The van der Waals surface area contributed by atoms with Gasteiger partial charge in [0.15, 0.2) is 0 Å². The lowest BCUT2D eigenvalue weighted by atomic mass is 9.98. The lowest BCUT2D eigenvalue weighted by molar-refractivity contribution is -0.171. The summed E-state index contributed by atoms with van der Waals surface area (Å²) in [5.41, 5.74) is -1.70. The Labute approximate surface area is 117 Å². The van der Waals surface area contributed by atoms with Gasteiger partial charge in [-0.1, -0.05) is 5.16 Å². The summed E-state index contributed by atoms with van der Waals surface area (Å²) < 4.78 is 9.62. The normalized spacial score (nSPS) is 21.8. The van der Waals surface area contributed by atoms with Gasteiger partial charge in [0.05, 0.1) is 26.0 Å². The molecule has 0 bridgehead atoms. The van der Waals surface area contributed by atoms with Gasteiger partial charge in [0, 0.05) is 6.42 Å². The monoisotopic (exact) mass is 288 g/mol. The molecule has 1 aliphatic heterocycles. The Bertz CT molecular complexity index is 415. The lowest BCUT2D eigenvalue weighted by Crippen LogP contribution is -2.44. The molecule has 0 spiro atoms. The quantitative estimate of drug-likeness (QED) is 0.715. The fourth-order valence-corrected chi connectivity index (χ4v) is 1.57. The highest BCUT2D eigenvalue weighted by atomic mass is 16.7. The maximum Gasteiger partial charge on any atom is 0.407 e. The second-order valence-corrected chi connectivity index (χ2v) is 5.43. The summed E-state index contributed by atoms with van der Waals surface area (Å²) in [5, 5.41) is 15.4. The van der Waals surface area contributed by atoms with Crippen LogP contribution in [0.2, 0.25) is 0 Å². The standard InChI is InChI=1S/C12H20N2O6/c1-11(2,3)19-10(17)13-6-8-5-12(7-15,20-14-8)9(16)18-4/h15H,5-7H2,1-4H3,(H,13,17). The van der Waals surface area contributed by atoms with Crippen LogP contribution in [0.4, 0.5) is 4.79 Å². The molecule has 8 heteroatoms. The summed E-state index contributed by atoms with van der Waals surface area (Å²) in [6.07, 6.45) is -0.550. The predicted octanol–water partition coefficient (Wildman–Crippen LogP) is 0.191. The Morgan fingerprint density at radius 2 is 2.15 bits per heavy atom. The Hall–Kier alpha value is -1.83. The van der Waals surface area contributed by atoms with Crippen molar-refractivity contribution in [3.8, 4) is 0 Å². The van der Waals surface area contributed by atoms with Crippen LogP contribution < -0.4 is 5.32 Å². The van der Waals surface area contributed by atoms with E-state index in [1.165, 1.54) is 7.11 Å². The molecule has 1 amide bonds. The van der Waals surface area contributed by atoms with Gasteiger partial charge in [-0.2, -0.15) is 0 Å². The zero-order valence-corrected chi connectivity index (χ0v) is 12.1. The summed E-state index contributed by atoms with van der Waals surface area (Å²) in [5.74, 6) is -0.712. The van der Waals surface area contributed by atoms with Gasteiger partial charge in [-0.25, -0.2) is 9.59 Å². The van der Waals surface area contributed by atoms with Crippen LogP contribution in [0.1, 0.15) is 27.2 Å². The average Bonchev–Trinajstić information content (AvgIpc) is 2.78. The van der Waals surface area contributed by atoms with Crippen LogP contribution in [-0.4, -0.2) is 54.3 Å². The molecule has 0 saturated heterocycles. The van der Waals surface area contributed by atoms with E-state index in [2.05, 4.69) is 15.2 Å². The van der Waals surface area contributed by atoms with Gasteiger partial charge < -0.3 is 24.7 Å². The van der Waals surface area contributed by atoms with Crippen molar-refractivity contribution >= 4 is 17.8 Å². The van der Waals surface area contributed by atoms with E-state index in [9.17, 15) is 14.7 Å². The first-order valence-corrected chi connectivity index (χ1v) is 6.12. The second-order valence-electron chi connectivity index (χ2n) is 5.43. The highest BCUT2D eigenvalue weighted by molar-refractivity contribution is 5.96.